The fourth-order valence-corrected chi connectivity index (χ4v) is 2.30. The molecule has 116 valence electrons. The van der Waals surface area contributed by atoms with Gasteiger partial charge in [-0.1, -0.05) is 6.92 Å². The molecule has 0 unspecified atom stereocenters. The van der Waals surface area contributed by atoms with Gasteiger partial charge < -0.3 is 15.0 Å². The number of anilines is 1. The fraction of sp³-hybridized carbons (Fsp3) is 0.667. The number of piperidine rings is 1. The number of likely N-dealkylation sites (tertiary alicyclic amines) is 1. The highest BCUT2D eigenvalue weighted by Gasteiger charge is 2.15. The highest BCUT2D eigenvalue weighted by atomic mass is 16.5. The van der Waals surface area contributed by atoms with Crippen molar-refractivity contribution in [2.75, 3.05) is 31.6 Å². The molecule has 0 aromatic carbocycles. The summed E-state index contributed by atoms with van der Waals surface area (Å²) in [6.07, 6.45) is 6.56. The molecule has 1 aromatic heterocycles. The first kappa shape index (κ1) is 15.5. The van der Waals surface area contributed by atoms with Crippen LogP contribution in [0.25, 0.3) is 0 Å². The second-order valence-electron chi connectivity index (χ2n) is 5.19. The zero-order valence-electron chi connectivity index (χ0n) is 12.7. The average Bonchev–Trinajstić information content (AvgIpc) is 2.54. The number of carbonyl (C=O) groups excluding carboxylic acids is 1. The van der Waals surface area contributed by atoms with Gasteiger partial charge in [0.2, 0.25) is 17.7 Å². The van der Waals surface area contributed by atoms with Gasteiger partial charge in [0.15, 0.2) is 0 Å². The molecule has 2 heterocycles. The predicted octanol–water partition coefficient (Wildman–Crippen LogP) is 2.08. The van der Waals surface area contributed by atoms with Crippen LogP contribution in [0.2, 0.25) is 0 Å². The molecular formula is C15H24N4O2. The summed E-state index contributed by atoms with van der Waals surface area (Å²) in [4.78, 5) is 22.3. The van der Waals surface area contributed by atoms with E-state index < -0.39 is 0 Å². The second kappa shape index (κ2) is 8.44. The SMILES string of the molecule is CCCOc1ccnc(NCCC(=O)N2CCCCC2)n1. The number of nitrogens with one attached hydrogen (secondary N) is 1. The quantitative estimate of drug-likeness (QED) is 0.833. The van der Waals surface area contributed by atoms with Crippen molar-refractivity contribution in [2.24, 2.45) is 0 Å². The minimum atomic E-state index is 0.209. The number of hydrogen-bond acceptors (Lipinski definition) is 5. The normalized spacial score (nSPS) is 14.8. The summed E-state index contributed by atoms with van der Waals surface area (Å²) in [7, 11) is 0. The van der Waals surface area contributed by atoms with E-state index in [1.54, 1.807) is 12.3 Å². The fourth-order valence-electron chi connectivity index (χ4n) is 2.30. The van der Waals surface area contributed by atoms with Crippen LogP contribution in [0.5, 0.6) is 5.88 Å². The van der Waals surface area contributed by atoms with Crippen molar-refractivity contribution in [3.8, 4) is 5.88 Å². The number of amides is 1. The topological polar surface area (TPSA) is 67.3 Å². The molecule has 0 bridgehead atoms. The first-order valence-electron chi connectivity index (χ1n) is 7.77. The minimum absolute atomic E-state index is 0.209. The van der Waals surface area contributed by atoms with Gasteiger partial charge in [-0.25, -0.2) is 4.98 Å². The maximum absolute atomic E-state index is 12.0. The second-order valence-corrected chi connectivity index (χ2v) is 5.19. The van der Waals surface area contributed by atoms with Crippen LogP contribution in [0.3, 0.4) is 0 Å². The first-order chi connectivity index (χ1) is 10.3. The van der Waals surface area contributed by atoms with E-state index >= 15 is 0 Å². The molecular weight excluding hydrogens is 268 g/mol. The maximum Gasteiger partial charge on any atom is 0.225 e. The molecule has 1 aliphatic rings. The smallest absolute Gasteiger partial charge is 0.225 e. The van der Waals surface area contributed by atoms with Crippen molar-refractivity contribution < 1.29 is 9.53 Å². The molecule has 0 aliphatic carbocycles. The van der Waals surface area contributed by atoms with Crippen LogP contribution in [0.1, 0.15) is 39.0 Å². The Balaban J connectivity index is 1.73. The highest BCUT2D eigenvalue weighted by Crippen LogP contribution is 2.11. The van der Waals surface area contributed by atoms with E-state index in [4.69, 9.17) is 4.74 Å². The van der Waals surface area contributed by atoms with Gasteiger partial charge in [-0.05, 0) is 25.7 Å². The van der Waals surface area contributed by atoms with Crippen molar-refractivity contribution in [1.82, 2.24) is 14.9 Å². The van der Waals surface area contributed by atoms with Crippen LogP contribution in [0.4, 0.5) is 5.95 Å². The molecule has 1 N–H and O–H groups in total. The zero-order valence-corrected chi connectivity index (χ0v) is 12.7. The third-order valence-corrected chi connectivity index (χ3v) is 3.41. The number of carbonyl (C=O) groups is 1. The molecule has 0 saturated carbocycles. The lowest BCUT2D eigenvalue weighted by Gasteiger charge is -2.26. The van der Waals surface area contributed by atoms with E-state index in [0.717, 1.165) is 32.4 Å². The Morgan fingerprint density at radius 1 is 1.38 bits per heavy atom. The average molecular weight is 292 g/mol. The Morgan fingerprint density at radius 3 is 2.95 bits per heavy atom. The molecule has 1 fully saturated rings. The van der Waals surface area contributed by atoms with Crippen molar-refractivity contribution >= 4 is 11.9 Å². The van der Waals surface area contributed by atoms with Crippen molar-refractivity contribution in [3.05, 3.63) is 12.3 Å². The van der Waals surface area contributed by atoms with Gasteiger partial charge in [-0.15, -0.1) is 0 Å². The number of hydrogen-bond donors (Lipinski definition) is 1. The van der Waals surface area contributed by atoms with Gasteiger partial charge in [-0.2, -0.15) is 4.98 Å². The summed E-state index contributed by atoms with van der Waals surface area (Å²) in [5.74, 6) is 1.28. The lowest BCUT2D eigenvalue weighted by molar-refractivity contribution is -0.131. The van der Waals surface area contributed by atoms with E-state index in [-0.39, 0.29) is 5.91 Å². The zero-order chi connectivity index (χ0) is 14.9. The van der Waals surface area contributed by atoms with Gasteiger partial charge in [-0.3, -0.25) is 4.79 Å². The van der Waals surface area contributed by atoms with Crippen molar-refractivity contribution in [3.63, 3.8) is 0 Å². The molecule has 2 rings (SSSR count). The van der Waals surface area contributed by atoms with Crippen LogP contribution in [0.15, 0.2) is 12.3 Å². The summed E-state index contributed by atoms with van der Waals surface area (Å²) in [5.41, 5.74) is 0. The van der Waals surface area contributed by atoms with Gasteiger partial charge in [0.25, 0.3) is 0 Å². The van der Waals surface area contributed by atoms with Crippen LogP contribution in [0, 0.1) is 0 Å². The van der Waals surface area contributed by atoms with Gasteiger partial charge in [0.1, 0.15) is 0 Å². The van der Waals surface area contributed by atoms with Gasteiger partial charge in [0, 0.05) is 38.3 Å². The molecule has 1 aromatic rings. The van der Waals surface area contributed by atoms with E-state index in [9.17, 15) is 4.79 Å². The molecule has 0 spiro atoms. The van der Waals surface area contributed by atoms with Crippen molar-refractivity contribution in [2.45, 2.75) is 39.0 Å². The van der Waals surface area contributed by atoms with Crippen LogP contribution in [-0.2, 0) is 4.79 Å². The molecule has 0 atom stereocenters. The molecule has 6 nitrogen and oxygen atoms in total. The minimum Gasteiger partial charge on any atom is -0.478 e. The van der Waals surface area contributed by atoms with E-state index in [1.165, 1.54) is 6.42 Å². The maximum atomic E-state index is 12.0. The standard InChI is InChI=1S/C15H24N4O2/c1-2-12-21-13-6-8-16-15(18-13)17-9-7-14(20)19-10-4-3-5-11-19/h6,8H,2-5,7,9-12H2,1H3,(H,16,17,18). The predicted molar refractivity (Wildman–Crippen MR) is 81.4 cm³/mol. The van der Waals surface area contributed by atoms with Crippen molar-refractivity contribution in [1.29, 1.82) is 0 Å². The van der Waals surface area contributed by atoms with E-state index in [1.807, 2.05) is 11.8 Å². The van der Waals surface area contributed by atoms with Gasteiger partial charge in [0.05, 0.1) is 6.61 Å². The molecule has 6 heteroatoms. The summed E-state index contributed by atoms with van der Waals surface area (Å²) >= 11 is 0. The van der Waals surface area contributed by atoms with Crippen LogP contribution >= 0.6 is 0 Å². The Kier molecular flexibility index (Phi) is 6.24. The van der Waals surface area contributed by atoms with Crippen LogP contribution in [-0.4, -0.2) is 47.0 Å². The molecule has 1 saturated heterocycles. The Labute approximate surface area is 125 Å². The number of nitrogens with zero attached hydrogens (tertiary/aromatic N) is 3. The highest BCUT2D eigenvalue weighted by molar-refractivity contribution is 5.76. The Bertz CT molecular complexity index is 447. The summed E-state index contributed by atoms with van der Waals surface area (Å²) in [5, 5.41) is 3.08. The molecule has 0 radical (unpaired) electrons. The number of ether oxygens (including phenoxy) is 1. The van der Waals surface area contributed by atoms with E-state index in [0.29, 0.717) is 31.4 Å². The Morgan fingerprint density at radius 2 is 2.19 bits per heavy atom. The number of aromatic nitrogens is 2. The molecule has 21 heavy (non-hydrogen) atoms. The summed E-state index contributed by atoms with van der Waals surface area (Å²) < 4.78 is 5.45. The summed E-state index contributed by atoms with van der Waals surface area (Å²) in [6, 6.07) is 1.74. The number of rotatable bonds is 7. The summed E-state index contributed by atoms with van der Waals surface area (Å²) in [6.45, 7) is 5.04. The lowest BCUT2D eigenvalue weighted by atomic mass is 10.1. The molecule has 1 amide bonds. The largest absolute Gasteiger partial charge is 0.478 e. The third kappa shape index (κ3) is 5.21. The third-order valence-electron chi connectivity index (χ3n) is 3.41. The Hall–Kier alpha value is -1.85. The van der Waals surface area contributed by atoms with Crippen LogP contribution < -0.4 is 10.1 Å². The molecule has 1 aliphatic heterocycles. The lowest BCUT2D eigenvalue weighted by Crippen LogP contribution is -2.36. The van der Waals surface area contributed by atoms with E-state index in [2.05, 4.69) is 15.3 Å². The van der Waals surface area contributed by atoms with Gasteiger partial charge >= 0.3 is 0 Å². The first-order valence-corrected chi connectivity index (χ1v) is 7.77. The monoisotopic (exact) mass is 292 g/mol.